The molecule has 0 rings (SSSR count). The van der Waals surface area contributed by atoms with Crippen molar-refractivity contribution in [3.05, 3.63) is 12.7 Å². The van der Waals surface area contributed by atoms with Crippen molar-refractivity contribution in [2.45, 2.75) is 61.6 Å². The Morgan fingerprint density at radius 3 is 1.79 bits per heavy atom. The monoisotopic (exact) mass is 444 g/mol. The summed E-state index contributed by atoms with van der Waals surface area (Å²) in [6.07, 6.45) is -12.1. The molecule has 1 N–H and O–H groups in total. The van der Waals surface area contributed by atoms with E-state index in [-0.39, 0.29) is 0 Å². The van der Waals surface area contributed by atoms with Crippen molar-refractivity contribution in [1.29, 1.82) is 0 Å². The summed E-state index contributed by atoms with van der Waals surface area (Å²) in [5, 5.41) is 9.03. The molecule has 15 heteroatoms. The summed E-state index contributed by atoms with van der Waals surface area (Å²) in [6, 6.07) is 0. The lowest BCUT2D eigenvalue weighted by Gasteiger charge is -2.39. The van der Waals surface area contributed by atoms with Gasteiger partial charge in [0.2, 0.25) is 6.29 Å². The third-order valence-electron chi connectivity index (χ3n) is 3.30. The molecule has 3 nitrogen and oxygen atoms in total. The van der Waals surface area contributed by atoms with Crippen LogP contribution in [0, 0.1) is 0 Å². The first kappa shape index (κ1) is 26.3. The van der Waals surface area contributed by atoms with Crippen LogP contribution in [0.4, 0.5) is 52.7 Å². The summed E-state index contributed by atoms with van der Waals surface area (Å²) in [5.41, 5.74) is 0. The van der Waals surface area contributed by atoms with Crippen LogP contribution >= 0.6 is 0 Å². The highest BCUT2D eigenvalue weighted by Crippen LogP contribution is 2.58. The Hall–Kier alpha value is -1.67. The third kappa shape index (κ3) is 4.66. The van der Waals surface area contributed by atoms with Crippen LogP contribution in [0.5, 0.6) is 0 Å². The summed E-state index contributed by atoms with van der Waals surface area (Å²) in [5.74, 6) is -36.8. The summed E-state index contributed by atoms with van der Waals surface area (Å²) in [7, 11) is 0. The predicted octanol–water partition coefficient (Wildman–Crippen LogP) is 4.65. The Bertz CT molecular complexity index is 561. The zero-order valence-electron chi connectivity index (χ0n) is 13.4. The van der Waals surface area contributed by atoms with Gasteiger partial charge in [-0.3, -0.25) is 0 Å². The maximum Gasteiger partial charge on any atom is 0.384 e. The van der Waals surface area contributed by atoms with E-state index in [1.807, 2.05) is 0 Å². The summed E-state index contributed by atoms with van der Waals surface area (Å²) < 4.78 is 159. The topological polar surface area (TPSA) is 46.5 Å². The SMILES string of the molecule is C=CC(=O)OC(O)CCCC(F)(F)C(F)(F)C(F)(F)C(F)(F)C(F)(F)C(F)F. The normalized spacial score (nSPS) is 15.5. The van der Waals surface area contributed by atoms with Crippen LogP contribution < -0.4 is 0 Å². The van der Waals surface area contributed by atoms with Gasteiger partial charge in [0.15, 0.2) is 0 Å². The number of aliphatic hydroxyl groups is 1. The smallest absolute Gasteiger partial charge is 0.384 e. The fraction of sp³-hybridized carbons (Fsp3) is 0.769. The molecular formula is C13H12F12O3. The van der Waals surface area contributed by atoms with Gasteiger partial charge in [-0.15, -0.1) is 0 Å². The molecule has 166 valence electrons. The predicted molar refractivity (Wildman–Crippen MR) is 66.9 cm³/mol. The van der Waals surface area contributed by atoms with E-state index >= 15 is 0 Å². The molecule has 0 aliphatic rings. The van der Waals surface area contributed by atoms with Gasteiger partial charge in [-0.25, -0.2) is 13.6 Å². The van der Waals surface area contributed by atoms with Crippen molar-refractivity contribution in [3.63, 3.8) is 0 Å². The fourth-order valence-corrected chi connectivity index (χ4v) is 1.67. The number of ether oxygens (including phenoxy) is 1. The van der Waals surface area contributed by atoms with Gasteiger partial charge < -0.3 is 9.84 Å². The maximum absolute atomic E-state index is 13.4. The zero-order valence-corrected chi connectivity index (χ0v) is 13.4. The highest BCUT2D eigenvalue weighted by Gasteiger charge is 2.87. The molecule has 1 unspecified atom stereocenters. The molecule has 0 aliphatic heterocycles. The van der Waals surface area contributed by atoms with Crippen LogP contribution in [-0.4, -0.2) is 53.4 Å². The fourth-order valence-electron chi connectivity index (χ4n) is 1.67. The highest BCUT2D eigenvalue weighted by atomic mass is 19.4. The summed E-state index contributed by atoms with van der Waals surface area (Å²) in [6.45, 7) is 2.87. The molecule has 0 aromatic carbocycles. The number of alkyl halides is 12. The van der Waals surface area contributed by atoms with E-state index in [1.54, 1.807) is 0 Å². The van der Waals surface area contributed by atoms with E-state index in [9.17, 15) is 57.5 Å². The molecule has 0 aromatic heterocycles. The Balaban J connectivity index is 5.47. The van der Waals surface area contributed by atoms with Crippen LogP contribution in [0.15, 0.2) is 12.7 Å². The molecule has 0 saturated carbocycles. The minimum absolute atomic E-state index is 0.498. The molecule has 0 heterocycles. The summed E-state index contributed by atoms with van der Waals surface area (Å²) >= 11 is 0. The van der Waals surface area contributed by atoms with Crippen LogP contribution in [0.25, 0.3) is 0 Å². The number of halogens is 12. The number of carbonyl (C=O) groups is 1. The Kier molecular flexibility index (Phi) is 7.87. The van der Waals surface area contributed by atoms with Gasteiger partial charge in [0.1, 0.15) is 0 Å². The molecular weight excluding hydrogens is 432 g/mol. The Morgan fingerprint density at radius 1 is 0.929 bits per heavy atom. The average Bonchev–Trinajstić information content (AvgIpc) is 2.53. The lowest BCUT2D eigenvalue weighted by Crippen LogP contribution is -2.68. The lowest BCUT2D eigenvalue weighted by molar-refractivity contribution is -0.413. The first-order valence-electron chi connectivity index (χ1n) is 6.98. The quantitative estimate of drug-likeness (QED) is 0.219. The first-order chi connectivity index (χ1) is 12.3. The van der Waals surface area contributed by atoms with Gasteiger partial charge >= 0.3 is 42.0 Å². The molecule has 0 fully saturated rings. The van der Waals surface area contributed by atoms with E-state index in [0.29, 0.717) is 6.08 Å². The largest absolute Gasteiger partial charge is 0.433 e. The van der Waals surface area contributed by atoms with Crippen molar-refractivity contribution in [1.82, 2.24) is 0 Å². The number of esters is 1. The van der Waals surface area contributed by atoms with Crippen LogP contribution in [0.3, 0.4) is 0 Å². The van der Waals surface area contributed by atoms with E-state index in [1.165, 1.54) is 0 Å². The number of hydrogen-bond acceptors (Lipinski definition) is 3. The van der Waals surface area contributed by atoms with Crippen molar-refractivity contribution in [3.8, 4) is 0 Å². The van der Waals surface area contributed by atoms with Crippen LogP contribution in [0.1, 0.15) is 19.3 Å². The number of hydrogen-bond donors (Lipinski definition) is 1. The number of carbonyl (C=O) groups excluding carboxylic acids is 1. The van der Waals surface area contributed by atoms with Gasteiger partial charge in [0.25, 0.3) is 0 Å². The lowest BCUT2D eigenvalue weighted by atomic mass is 9.92. The van der Waals surface area contributed by atoms with Gasteiger partial charge in [-0.05, 0) is 6.42 Å². The highest BCUT2D eigenvalue weighted by molar-refractivity contribution is 5.81. The first-order valence-corrected chi connectivity index (χ1v) is 6.98. The van der Waals surface area contributed by atoms with Gasteiger partial charge in [-0.2, -0.15) is 43.9 Å². The second-order valence-electron chi connectivity index (χ2n) is 5.34. The summed E-state index contributed by atoms with van der Waals surface area (Å²) in [4.78, 5) is 10.6. The molecule has 1 atom stereocenters. The molecule has 0 bridgehead atoms. The molecule has 28 heavy (non-hydrogen) atoms. The zero-order chi connectivity index (χ0) is 22.8. The van der Waals surface area contributed by atoms with Crippen LogP contribution in [-0.2, 0) is 9.53 Å². The molecule has 0 aromatic rings. The third-order valence-corrected chi connectivity index (χ3v) is 3.30. The second-order valence-corrected chi connectivity index (χ2v) is 5.34. The second kappa shape index (κ2) is 8.37. The molecule has 0 amide bonds. The van der Waals surface area contributed by atoms with E-state index < -0.39 is 67.6 Å². The van der Waals surface area contributed by atoms with Crippen molar-refractivity contribution in [2.75, 3.05) is 0 Å². The van der Waals surface area contributed by atoms with Gasteiger partial charge in [0, 0.05) is 18.9 Å². The standard InChI is InChI=1S/C13H12F12O3/c1-2-6(26)28-7(27)4-3-5-9(16,17)11(20,21)13(24,25)12(22,23)10(18,19)8(14)15/h2,7-8,27H,1,3-5H2. The average molecular weight is 444 g/mol. The van der Waals surface area contributed by atoms with Gasteiger partial charge in [-0.1, -0.05) is 6.58 Å². The van der Waals surface area contributed by atoms with Crippen molar-refractivity contribution >= 4 is 5.97 Å². The van der Waals surface area contributed by atoms with Crippen LogP contribution in [0.2, 0.25) is 0 Å². The van der Waals surface area contributed by atoms with Gasteiger partial charge in [0.05, 0.1) is 0 Å². The van der Waals surface area contributed by atoms with Crippen molar-refractivity contribution < 1.29 is 67.3 Å². The number of aliphatic hydroxyl groups excluding tert-OH is 1. The van der Waals surface area contributed by atoms with E-state index in [2.05, 4.69) is 11.3 Å². The molecule has 0 spiro atoms. The van der Waals surface area contributed by atoms with E-state index in [0.717, 1.165) is 0 Å². The molecule has 0 saturated heterocycles. The maximum atomic E-state index is 13.4. The molecule has 0 aliphatic carbocycles. The number of rotatable bonds is 11. The Labute approximate surface area is 148 Å². The minimum Gasteiger partial charge on any atom is -0.433 e. The Morgan fingerprint density at radius 2 is 1.39 bits per heavy atom. The minimum atomic E-state index is -7.59. The van der Waals surface area contributed by atoms with E-state index in [4.69, 9.17) is 5.11 Å². The van der Waals surface area contributed by atoms with Crippen molar-refractivity contribution in [2.24, 2.45) is 0 Å². The molecule has 0 radical (unpaired) electrons.